The monoisotopic (exact) mass is 259 g/mol. The van der Waals surface area contributed by atoms with Gasteiger partial charge in [-0.15, -0.1) is 5.73 Å². The number of fused-ring (bicyclic) bond motifs is 2. The van der Waals surface area contributed by atoms with E-state index in [2.05, 4.69) is 12.3 Å². The maximum atomic E-state index is 5.86. The Labute approximate surface area is 118 Å². The second kappa shape index (κ2) is 5.41. The van der Waals surface area contributed by atoms with Crippen LogP contribution in [-0.4, -0.2) is 13.3 Å². The Kier molecular flexibility index (Phi) is 3.80. The standard InChI is InChI=1S/C17H28BO/c1-3-17(19-2)18(14-8-4-5-9-14)15-10-6-11-16(18)13-7-12-15/h14-16H,1,4-13H2,2H3/q-1. The summed E-state index contributed by atoms with van der Waals surface area (Å²) < 4.78 is 5.86. The van der Waals surface area contributed by atoms with Gasteiger partial charge in [0.15, 0.2) is 0 Å². The van der Waals surface area contributed by atoms with Crippen LogP contribution in [0.25, 0.3) is 0 Å². The molecule has 0 radical (unpaired) electrons. The first kappa shape index (κ1) is 13.4. The topological polar surface area (TPSA) is 9.23 Å². The van der Waals surface area contributed by atoms with Gasteiger partial charge in [0, 0.05) is 0 Å². The zero-order chi connectivity index (χ0) is 13.3. The SMILES string of the molecule is C=C=C(OC)[B-]1(C2CCCC2)C2CCCC1CCC2. The van der Waals surface area contributed by atoms with E-state index < -0.39 is 6.15 Å². The zero-order valence-corrected chi connectivity index (χ0v) is 12.5. The summed E-state index contributed by atoms with van der Waals surface area (Å²) in [5, 5.41) is 0. The third-order valence-corrected chi connectivity index (χ3v) is 6.89. The van der Waals surface area contributed by atoms with Crippen molar-refractivity contribution >= 4 is 6.15 Å². The van der Waals surface area contributed by atoms with Crippen LogP contribution in [0.5, 0.6) is 0 Å². The molecule has 0 aromatic carbocycles. The van der Waals surface area contributed by atoms with Crippen LogP contribution in [0.1, 0.15) is 64.2 Å². The average molecular weight is 259 g/mol. The molecule has 3 fully saturated rings. The third kappa shape index (κ3) is 1.91. The molecule has 0 spiro atoms. The summed E-state index contributed by atoms with van der Waals surface area (Å²) in [6.07, 6.45) is 13.8. The Bertz CT molecular complexity index is 349. The van der Waals surface area contributed by atoms with Crippen molar-refractivity contribution in [2.24, 2.45) is 0 Å². The fraction of sp³-hybridized carbons (Fsp3) is 0.824. The van der Waals surface area contributed by atoms with Crippen molar-refractivity contribution < 1.29 is 4.74 Å². The molecule has 1 saturated carbocycles. The van der Waals surface area contributed by atoms with Crippen LogP contribution >= 0.6 is 0 Å². The van der Waals surface area contributed by atoms with Crippen molar-refractivity contribution in [2.45, 2.75) is 81.7 Å². The van der Waals surface area contributed by atoms with Gasteiger partial charge >= 0.3 is 0 Å². The predicted octanol–water partition coefficient (Wildman–Crippen LogP) is 5.34. The van der Waals surface area contributed by atoms with Crippen LogP contribution in [0.15, 0.2) is 18.0 Å². The Morgan fingerprint density at radius 3 is 1.68 bits per heavy atom. The summed E-state index contributed by atoms with van der Waals surface area (Å²) >= 11 is 0. The molecule has 2 heteroatoms. The van der Waals surface area contributed by atoms with E-state index in [-0.39, 0.29) is 0 Å². The van der Waals surface area contributed by atoms with Crippen molar-refractivity contribution in [1.29, 1.82) is 0 Å². The molecule has 2 saturated heterocycles. The van der Waals surface area contributed by atoms with Gasteiger partial charge in [-0.2, -0.15) is 17.5 Å². The molecule has 0 N–H and O–H groups in total. The van der Waals surface area contributed by atoms with Crippen LogP contribution < -0.4 is 0 Å². The minimum Gasteiger partial charge on any atom is -0.535 e. The van der Waals surface area contributed by atoms with Crippen LogP contribution in [0.3, 0.4) is 0 Å². The first-order valence-corrected chi connectivity index (χ1v) is 8.45. The van der Waals surface area contributed by atoms with E-state index in [1.807, 2.05) is 7.11 Å². The van der Waals surface area contributed by atoms with Crippen LogP contribution in [-0.2, 0) is 4.74 Å². The van der Waals surface area contributed by atoms with Crippen LogP contribution in [0, 0.1) is 0 Å². The molecule has 106 valence electrons. The molecule has 0 atom stereocenters. The van der Waals surface area contributed by atoms with Gasteiger partial charge in [-0.3, -0.25) is 0 Å². The fourth-order valence-corrected chi connectivity index (χ4v) is 6.44. The van der Waals surface area contributed by atoms with E-state index >= 15 is 0 Å². The molecule has 0 aromatic heterocycles. The Hall–Kier alpha value is -0.615. The van der Waals surface area contributed by atoms with E-state index in [1.165, 1.54) is 69.9 Å². The maximum Gasteiger partial charge on any atom is 0.0863 e. The van der Waals surface area contributed by atoms with Gasteiger partial charge < -0.3 is 4.74 Å². The van der Waals surface area contributed by atoms with E-state index in [1.54, 1.807) is 0 Å². The molecule has 19 heavy (non-hydrogen) atoms. The second-order valence-electron chi connectivity index (χ2n) is 7.25. The van der Waals surface area contributed by atoms with Gasteiger partial charge in [0.2, 0.25) is 0 Å². The highest BCUT2D eigenvalue weighted by molar-refractivity contribution is 6.90. The lowest BCUT2D eigenvalue weighted by atomic mass is 9.04. The molecule has 2 aliphatic heterocycles. The first-order chi connectivity index (χ1) is 9.33. The lowest BCUT2D eigenvalue weighted by Crippen LogP contribution is -2.55. The summed E-state index contributed by atoms with van der Waals surface area (Å²) in [5.74, 6) is 2.71. The normalized spacial score (nSPS) is 38.8. The lowest BCUT2D eigenvalue weighted by molar-refractivity contribution is 0.298. The molecule has 3 aliphatic rings. The summed E-state index contributed by atoms with van der Waals surface area (Å²) in [5.41, 5.74) is 4.42. The predicted molar refractivity (Wildman–Crippen MR) is 82.8 cm³/mol. The summed E-state index contributed by atoms with van der Waals surface area (Å²) in [6.45, 7) is 3.98. The van der Waals surface area contributed by atoms with E-state index in [4.69, 9.17) is 4.74 Å². The molecule has 1 nitrogen and oxygen atoms in total. The lowest BCUT2D eigenvalue weighted by Gasteiger charge is -2.62. The van der Waals surface area contributed by atoms with Crippen molar-refractivity contribution in [3.8, 4) is 0 Å². The van der Waals surface area contributed by atoms with Crippen molar-refractivity contribution in [3.05, 3.63) is 18.0 Å². The van der Waals surface area contributed by atoms with Gasteiger partial charge in [0.05, 0.1) is 13.3 Å². The molecule has 0 aromatic rings. The van der Waals surface area contributed by atoms with Gasteiger partial charge in [-0.05, 0) is 5.66 Å². The summed E-state index contributed by atoms with van der Waals surface area (Å²) in [6, 6.07) is 0. The Morgan fingerprint density at radius 2 is 1.32 bits per heavy atom. The maximum absolute atomic E-state index is 5.86. The number of methoxy groups -OCH3 is 1. The number of rotatable bonds is 3. The molecule has 2 heterocycles. The number of hydrogen-bond acceptors (Lipinski definition) is 1. The molecule has 1 aliphatic carbocycles. The van der Waals surface area contributed by atoms with Crippen molar-refractivity contribution in [2.75, 3.05) is 7.11 Å². The van der Waals surface area contributed by atoms with Crippen molar-refractivity contribution in [3.63, 3.8) is 0 Å². The van der Waals surface area contributed by atoms with Crippen LogP contribution in [0.4, 0.5) is 0 Å². The van der Waals surface area contributed by atoms with Crippen LogP contribution in [0.2, 0.25) is 17.5 Å². The summed E-state index contributed by atoms with van der Waals surface area (Å²) in [4.78, 5) is 0. The quantitative estimate of drug-likeness (QED) is 0.377. The van der Waals surface area contributed by atoms with Gasteiger partial charge in [0.25, 0.3) is 0 Å². The largest absolute Gasteiger partial charge is 0.535 e. The molecule has 0 amide bonds. The van der Waals surface area contributed by atoms with Gasteiger partial charge in [0.1, 0.15) is 0 Å². The highest BCUT2D eigenvalue weighted by Crippen LogP contribution is 2.63. The highest BCUT2D eigenvalue weighted by atomic mass is 16.5. The summed E-state index contributed by atoms with van der Waals surface area (Å²) in [7, 11) is 1.86. The van der Waals surface area contributed by atoms with E-state index in [0.717, 1.165) is 17.5 Å². The fourth-order valence-electron chi connectivity index (χ4n) is 6.44. The first-order valence-electron chi connectivity index (χ1n) is 8.45. The van der Waals surface area contributed by atoms with Gasteiger partial charge in [-0.25, -0.2) is 0 Å². The average Bonchev–Trinajstić information content (AvgIpc) is 2.93. The molecular weight excluding hydrogens is 231 g/mol. The highest BCUT2D eigenvalue weighted by Gasteiger charge is 2.51. The number of ether oxygens (including phenoxy) is 1. The molecule has 0 unspecified atom stereocenters. The smallest absolute Gasteiger partial charge is 0.0863 e. The molecule has 2 bridgehead atoms. The van der Waals surface area contributed by atoms with E-state index in [9.17, 15) is 0 Å². The minimum atomic E-state index is -0.507. The third-order valence-electron chi connectivity index (χ3n) is 6.89. The Morgan fingerprint density at radius 1 is 0.895 bits per heavy atom. The molecular formula is C17H28BO-. The zero-order valence-electron chi connectivity index (χ0n) is 12.5. The second-order valence-corrected chi connectivity index (χ2v) is 7.25. The number of hydrogen-bond donors (Lipinski definition) is 0. The van der Waals surface area contributed by atoms with Crippen molar-refractivity contribution in [1.82, 2.24) is 0 Å². The van der Waals surface area contributed by atoms with E-state index in [0.29, 0.717) is 0 Å². The minimum absolute atomic E-state index is 0.507. The van der Waals surface area contributed by atoms with Gasteiger partial charge in [-0.1, -0.05) is 70.8 Å². The molecule has 3 rings (SSSR count). The Balaban J connectivity index is 2.06.